The third-order valence-electron chi connectivity index (χ3n) is 6.78. The molecule has 2 aromatic heterocycles. The van der Waals surface area contributed by atoms with E-state index in [4.69, 9.17) is 22.3 Å². The number of benzene rings is 1. The van der Waals surface area contributed by atoms with Gasteiger partial charge in [-0.25, -0.2) is 14.4 Å². The van der Waals surface area contributed by atoms with Crippen LogP contribution in [0, 0.1) is 11.7 Å². The van der Waals surface area contributed by atoms with Crippen LogP contribution in [0.4, 0.5) is 22.0 Å². The molecule has 3 aromatic rings. The van der Waals surface area contributed by atoms with E-state index in [0.717, 1.165) is 25.7 Å². The first kappa shape index (κ1) is 21.9. The molecule has 4 N–H and O–H groups in total. The van der Waals surface area contributed by atoms with Crippen molar-refractivity contribution in [1.82, 2.24) is 19.5 Å². The monoisotopic (exact) mass is 471 g/mol. The first-order valence-corrected chi connectivity index (χ1v) is 11.9. The van der Waals surface area contributed by atoms with Crippen LogP contribution in [0.1, 0.15) is 57.4 Å². The van der Waals surface area contributed by atoms with Crippen molar-refractivity contribution < 1.29 is 9.18 Å². The van der Waals surface area contributed by atoms with Crippen LogP contribution in [0.15, 0.2) is 24.4 Å². The van der Waals surface area contributed by atoms with Gasteiger partial charge in [-0.2, -0.15) is 4.98 Å². The van der Waals surface area contributed by atoms with Crippen molar-refractivity contribution in [2.45, 2.75) is 63.5 Å². The maximum absolute atomic E-state index is 14.6. The summed E-state index contributed by atoms with van der Waals surface area (Å²) in [5, 5.41) is 6.58. The quantitative estimate of drug-likeness (QED) is 0.470. The third-order valence-corrected chi connectivity index (χ3v) is 7.08. The smallest absolute Gasteiger partial charge is 0.224 e. The molecule has 8 nitrogen and oxygen atoms in total. The predicted molar refractivity (Wildman–Crippen MR) is 126 cm³/mol. The molecular formula is C23H27ClFN7O. The van der Waals surface area contributed by atoms with Gasteiger partial charge in [0, 0.05) is 18.0 Å². The van der Waals surface area contributed by atoms with Crippen molar-refractivity contribution in [3.63, 3.8) is 0 Å². The lowest BCUT2D eigenvalue weighted by atomic mass is 9.85. The highest BCUT2D eigenvalue weighted by Crippen LogP contribution is 2.37. The molecule has 0 bridgehead atoms. The number of amides is 1. The Labute approximate surface area is 196 Å². The summed E-state index contributed by atoms with van der Waals surface area (Å²) in [6.45, 7) is 0. The molecule has 1 amide bonds. The van der Waals surface area contributed by atoms with Crippen LogP contribution in [0.2, 0.25) is 5.02 Å². The van der Waals surface area contributed by atoms with Crippen molar-refractivity contribution in [2.75, 3.05) is 10.6 Å². The number of anilines is 3. The number of hydrogen-bond donors (Lipinski definition) is 3. The van der Waals surface area contributed by atoms with Crippen molar-refractivity contribution >= 4 is 46.3 Å². The number of nitrogens with one attached hydrogen (secondary N) is 2. The van der Waals surface area contributed by atoms with Gasteiger partial charge in [-0.05, 0) is 50.7 Å². The number of aromatic nitrogens is 4. The maximum Gasteiger partial charge on any atom is 0.224 e. The van der Waals surface area contributed by atoms with Crippen molar-refractivity contribution in [3.05, 3.63) is 35.2 Å². The number of hydrogen-bond acceptors (Lipinski definition) is 6. The summed E-state index contributed by atoms with van der Waals surface area (Å²) >= 11 is 5.98. The van der Waals surface area contributed by atoms with E-state index in [9.17, 15) is 9.18 Å². The lowest BCUT2D eigenvalue weighted by Gasteiger charge is -2.29. The number of rotatable bonds is 6. The molecule has 0 unspecified atom stereocenters. The average Bonchev–Trinajstić information content (AvgIpc) is 3.44. The molecule has 10 heteroatoms. The Hall–Kier alpha value is -2.94. The second-order valence-corrected chi connectivity index (χ2v) is 9.37. The molecule has 0 saturated heterocycles. The zero-order chi connectivity index (χ0) is 22.9. The van der Waals surface area contributed by atoms with Crippen LogP contribution in [0.3, 0.4) is 0 Å². The molecule has 0 radical (unpaired) electrons. The zero-order valence-electron chi connectivity index (χ0n) is 18.2. The Morgan fingerprint density at radius 2 is 1.88 bits per heavy atom. The van der Waals surface area contributed by atoms with Crippen LogP contribution in [-0.2, 0) is 4.79 Å². The zero-order valence-corrected chi connectivity index (χ0v) is 19.0. The third kappa shape index (κ3) is 4.46. The van der Waals surface area contributed by atoms with Crippen molar-refractivity contribution in [1.29, 1.82) is 0 Å². The van der Waals surface area contributed by atoms with Gasteiger partial charge in [0.05, 0.1) is 16.9 Å². The van der Waals surface area contributed by atoms with Crippen LogP contribution in [0.25, 0.3) is 11.2 Å². The molecule has 1 aromatic carbocycles. The fourth-order valence-electron chi connectivity index (χ4n) is 4.99. The summed E-state index contributed by atoms with van der Waals surface area (Å²) in [5.41, 5.74) is 7.07. The fourth-order valence-corrected chi connectivity index (χ4v) is 5.16. The van der Waals surface area contributed by atoms with Crippen molar-refractivity contribution in [3.8, 4) is 0 Å². The first-order valence-electron chi connectivity index (χ1n) is 11.5. The highest BCUT2D eigenvalue weighted by molar-refractivity contribution is 6.31. The van der Waals surface area contributed by atoms with Gasteiger partial charge >= 0.3 is 0 Å². The van der Waals surface area contributed by atoms with Crippen molar-refractivity contribution in [2.24, 2.45) is 11.7 Å². The summed E-state index contributed by atoms with van der Waals surface area (Å²) < 4.78 is 16.6. The Morgan fingerprint density at radius 1 is 1.12 bits per heavy atom. The van der Waals surface area contributed by atoms with E-state index >= 15 is 0 Å². The Kier molecular flexibility index (Phi) is 6.05. The number of nitrogens with zero attached hydrogens (tertiary/aromatic N) is 4. The van der Waals surface area contributed by atoms with Gasteiger partial charge in [-0.3, -0.25) is 9.36 Å². The first-order chi connectivity index (χ1) is 16.0. The van der Waals surface area contributed by atoms with Gasteiger partial charge in [0.1, 0.15) is 5.52 Å². The molecule has 2 fully saturated rings. The molecule has 174 valence electrons. The average molecular weight is 472 g/mol. The van der Waals surface area contributed by atoms with Crippen LogP contribution < -0.4 is 16.4 Å². The molecule has 5 rings (SSSR count). The van der Waals surface area contributed by atoms with Gasteiger partial charge in [0.2, 0.25) is 17.8 Å². The van der Waals surface area contributed by atoms with Gasteiger partial charge in [0.25, 0.3) is 0 Å². The molecule has 2 aliphatic carbocycles. The molecule has 2 saturated carbocycles. The Balaban J connectivity index is 1.52. The standard InChI is InChI=1S/C23H27ClFN7O/c24-16-6-3-7-17(19(16)25)29-23-30-18-12-27-22(28-14-4-1-2-5-14)31-21(18)32(23)15-10-8-13(9-11-15)20(26)33/h3,6-7,12-15H,1-2,4-5,8-11H2,(H2,26,33)(H,29,30)(H,27,28,31)/t13-,15+. The van der Waals surface area contributed by atoms with E-state index in [1.165, 1.54) is 18.9 Å². The fraction of sp³-hybridized carbons (Fsp3) is 0.478. The van der Waals surface area contributed by atoms with E-state index in [2.05, 4.69) is 20.6 Å². The number of carbonyl (C=O) groups excluding carboxylic acids is 1. The molecule has 0 atom stereocenters. The molecule has 0 aliphatic heterocycles. The topological polar surface area (TPSA) is 111 Å². The summed E-state index contributed by atoms with van der Waals surface area (Å²) in [7, 11) is 0. The summed E-state index contributed by atoms with van der Waals surface area (Å²) in [6.07, 6.45) is 9.23. The van der Waals surface area contributed by atoms with E-state index < -0.39 is 5.82 Å². The molecular weight excluding hydrogens is 445 g/mol. The number of imidazole rings is 1. The summed E-state index contributed by atoms with van der Waals surface area (Å²) in [4.78, 5) is 25.6. The molecule has 33 heavy (non-hydrogen) atoms. The van der Waals surface area contributed by atoms with Gasteiger partial charge in [-0.1, -0.05) is 30.5 Å². The maximum atomic E-state index is 14.6. The van der Waals surface area contributed by atoms with Crippen LogP contribution in [-0.4, -0.2) is 31.5 Å². The van der Waals surface area contributed by atoms with Gasteiger partial charge < -0.3 is 16.4 Å². The molecule has 0 spiro atoms. The Morgan fingerprint density at radius 3 is 2.61 bits per heavy atom. The number of halogens is 2. The van der Waals surface area contributed by atoms with Gasteiger partial charge in [-0.15, -0.1) is 0 Å². The van der Waals surface area contributed by atoms with E-state index in [1.54, 1.807) is 18.3 Å². The summed E-state index contributed by atoms with van der Waals surface area (Å²) in [5.74, 6) is 0.133. The van der Waals surface area contributed by atoms with Crippen LogP contribution >= 0.6 is 11.6 Å². The predicted octanol–water partition coefficient (Wildman–Crippen LogP) is 4.93. The van der Waals surface area contributed by atoms with E-state index in [0.29, 0.717) is 41.9 Å². The minimum Gasteiger partial charge on any atom is -0.369 e. The largest absolute Gasteiger partial charge is 0.369 e. The number of carbonyl (C=O) groups is 1. The second-order valence-electron chi connectivity index (χ2n) is 8.97. The van der Waals surface area contributed by atoms with Crippen LogP contribution in [0.5, 0.6) is 0 Å². The minimum absolute atomic E-state index is 0.0347. The number of primary amides is 1. The number of fused-ring (bicyclic) bond motifs is 1. The lowest BCUT2D eigenvalue weighted by molar-refractivity contribution is -0.122. The summed E-state index contributed by atoms with van der Waals surface area (Å²) in [6, 6.07) is 5.23. The lowest BCUT2D eigenvalue weighted by Crippen LogP contribution is -2.28. The SMILES string of the molecule is NC(=O)[C@H]1CC[C@@H](n2c(Nc3cccc(Cl)c3F)nc3cnc(NC4CCCC4)nc32)CC1. The van der Waals surface area contributed by atoms with E-state index in [-0.39, 0.29) is 28.6 Å². The second kappa shape index (κ2) is 9.13. The minimum atomic E-state index is -0.537. The molecule has 2 heterocycles. The normalized spacial score (nSPS) is 21.4. The number of nitrogens with two attached hydrogens (primary N) is 1. The highest BCUT2D eigenvalue weighted by atomic mass is 35.5. The van der Waals surface area contributed by atoms with E-state index in [1.807, 2.05) is 4.57 Å². The highest BCUT2D eigenvalue weighted by Gasteiger charge is 2.29. The molecule has 2 aliphatic rings. The van der Waals surface area contributed by atoms with Gasteiger partial charge in [0.15, 0.2) is 11.5 Å². The Bertz CT molecular complexity index is 1170.